The lowest BCUT2D eigenvalue weighted by molar-refractivity contribution is 0.394. The van der Waals surface area contributed by atoms with Gasteiger partial charge in [0.15, 0.2) is 0 Å². The molecule has 1 unspecified atom stereocenters. The molecular formula is C19H22N2O3. The van der Waals surface area contributed by atoms with Crippen LogP contribution in [0.2, 0.25) is 0 Å². The normalized spacial score (nSPS) is 11.6. The van der Waals surface area contributed by atoms with Crippen molar-refractivity contribution in [3.8, 4) is 23.3 Å². The lowest BCUT2D eigenvalue weighted by atomic mass is 10.0. The number of methoxy groups -OCH3 is 2. The highest BCUT2D eigenvalue weighted by molar-refractivity contribution is 5.52. The first kappa shape index (κ1) is 17.6. The van der Waals surface area contributed by atoms with Crippen LogP contribution in [0.3, 0.4) is 0 Å². The lowest BCUT2D eigenvalue weighted by Crippen LogP contribution is -2.27. The predicted molar refractivity (Wildman–Crippen MR) is 92.4 cm³/mol. The van der Waals surface area contributed by atoms with Gasteiger partial charge in [-0.1, -0.05) is 18.2 Å². The van der Waals surface area contributed by atoms with Crippen LogP contribution in [0.15, 0.2) is 36.4 Å². The third-order valence-corrected chi connectivity index (χ3v) is 3.88. The average molecular weight is 326 g/mol. The molecule has 0 aliphatic heterocycles. The third kappa shape index (κ3) is 4.18. The first-order chi connectivity index (χ1) is 11.6. The fraction of sp³-hybridized carbons (Fsp3) is 0.316. The van der Waals surface area contributed by atoms with Crippen molar-refractivity contribution in [1.29, 1.82) is 5.26 Å². The van der Waals surface area contributed by atoms with Gasteiger partial charge < -0.3 is 19.9 Å². The number of para-hydroxylation sites is 1. The molecule has 0 fully saturated rings. The van der Waals surface area contributed by atoms with E-state index < -0.39 is 0 Å². The van der Waals surface area contributed by atoms with Crippen LogP contribution in [0.25, 0.3) is 0 Å². The highest BCUT2D eigenvalue weighted by atomic mass is 16.5. The molecule has 0 saturated carbocycles. The molecule has 0 aliphatic carbocycles. The van der Waals surface area contributed by atoms with Crippen LogP contribution in [-0.4, -0.2) is 25.4 Å². The number of nitrogens with zero attached hydrogens (tertiary/aromatic N) is 1. The van der Waals surface area contributed by atoms with Crippen LogP contribution in [0, 0.1) is 11.3 Å². The quantitative estimate of drug-likeness (QED) is 0.818. The highest BCUT2D eigenvalue weighted by Crippen LogP contribution is 2.29. The summed E-state index contributed by atoms with van der Waals surface area (Å²) in [7, 11) is 3.14. The summed E-state index contributed by atoms with van der Waals surface area (Å²) in [6, 6.07) is 13.1. The van der Waals surface area contributed by atoms with Gasteiger partial charge >= 0.3 is 0 Å². The summed E-state index contributed by atoms with van der Waals surface area (Å²) < 4.78 is 10.7. The van der Waals surface area contributed by atoms with E-state index in [1.807, 2.05) is 18.2 Å². The average Bonchev–Trinajstić information content (AvgIpc) is 2.60. The molecule has 2 rings (SSSR count). The third-order valence-electron chi connectivity index (χ3n) is 3.88. The second kappa shape index (κ2) is 8.23. The van der Waals surface area contributed by atoms with Crippen molar-refractivity contribution in [1.82, 2.24) is 5.32 Å². The van der Waals surface area contributed by atoms with Gasteiger partial charge in [-0.25, -0.2) is 0 Å². The molecule has 0 spiro atoms. The molecule has 24 heavy (non-hydrogen) atoms. The van der Waals surface area contributed by atoms with Crippen LogP contribution in [-0.2, 0) is 13.0 Å². The van der Waals surface area contributed by atoms with Crippen molar-refractivity contribution < 1.29 is 14.6 Å². The Bertz CT molecular complexity index is 738. The summed E-state index contributed by atoms with van der Waals surface area (Å²) in [5.41, 5.74) is 2.27. The Labute approximate surface area is 142 Å². The van der Waals surface area contributed by atoms with Gasteiger partial charge in [0, 0.05) is 24.2 Å². The molecule has 0 bridgehead atoms. The number of nitriles is 1. The summed E-state index contributed by atoms with van der Waals surface area (Å²) >= 11 is 0. The van der Waals surface area contributed by atoms with Gasteiger partial charge in [0.05, 0.1) is 19.8 Å². The van der Waals surface area contributed by atoms with Crippen LogP contribution in [0.5, 0.6) is 17.2 Å². The molecule has 1 atom stereocenters. The van der Waals surface area contributed by atoms with E-state index in [4.69, 9.17) is 14.7 Å². The minimum atomic E-state index is 0.149. The minimum Gasteiger partial charge on any atom is -0.508 e. The van der Waals surface area contributed by atoms with Crippen molar-refractivity contribution in [3.63, 3.8) is 0 Å². The zero-order chi connectivity index (χ0) is 17.5. The van der Waals surface area contributed by atoms with Gasteiger partial charge in [0.1, 0.15) is 23.3 Å². The molecule has 0 amide bonds. The first-order valence-corrected chi connectivity index (χ1v) is 7.74. The van der Waals surface area contributed by atoms with E-state index in [-0.39, 0.29) is 11.8 Å². The van der Waals surface area contributed by atoms with Crippen LogP contribution >= 0.6 is 0 Å². The topological polar surface area (TPSA) is 74.5 Å². The number of phenolic OH excluding ortho intramolecular Hbond substituents is 1. The number of benzene rings is 2. The minimum absolute atomic E-state index is 0.149. The molecular weight excluding hydrogens is 304 g/mol. The molecule has 0 aliphatic rings. The molecule has 5 heteroatoms. The van der Waals surface area contributed by atoms with Crippen molar-refractivity contribution in [2.24, 2.45) is 0 Å². The number of aromatic hydroxyl groups is 1. The number of phenols is 1. The van der Waals surface area contributed by atoms with Crippen molar-refractivity contribution >= 4 is 0 Å². The van der Waals surface area contributed by atoms with Crippen LogP contribution in [0.1, 0.15) is 23.6 Å². The van der Waals surface area contributed by atoms with Crippen LogP contribution < -0.4 is 14.8 Å². The largest absolute Gasteiger partial charge is 0.508 e. The highest BCUT2D eigenvalue weighted by Gasteiger charge is 2.14. The zero-order valence-corrected chi connectivity index (χ0v) is 14.2. The monoisotopic (exact) mass is 326 g/mol. The standard InChI is InChI=1S/C19H22N2O3/c1-13(21-12-14-6-4-5-7-17(14)22)8-15-9-19(24-3)16(11-20)10-18(15)23-2/h4-7,9-10,13,21-22H,8,12H2,1-3H3. The van der Waals surface area contributed by atoms with Gasteiger partial charge in [-0.05, 0) is 31.0 Å². The molecule has 2 N–H and O–H groups in total. The van der Waals surface area contributed by atoms with Gasteiger partial charge in [0.25, 0.3) is 0 Å². The predicted octanol–water partition coefficient (Wildman–Crippen LogP) is 3.00. The second-order valence-electron chi connectivity index (χ2n) is 5.59. The summed E-state index contributed by atoms with van der Waals surface area (Å²) in [6.45, 7) is 2.63. The maximum Gasteiger partial charge on any atom is 0.137 e. The van der Waals surface area contributed by atoms with Crippen LogP contribution in [0.4, 0.5) is 0 Å². The number of rotatable bonds is 7. The van der Waals surface area contributed by atoms with Gasteiger partial charge in [-0.3, -0.25) is 0 Å². The molecule has 2 aromatic carbocycles. The van der Waals surface area contributed by atoms with Gasteiger partial charge in [0.2, 0.25) is 0 Å². The Morgan fingerprint density at radius 1 is 1.12 bits per heavy atom. The Balaban J connectivity index is 2.09. The van der Waals surface area contributed by atoms with Crippen molar-refractivity contribution in [2.75, 3.05) is 14.2 Å². The van der Waals surface area contributed by atoms with E-state index in [0.717, 1.165) is 11.1 Å². The fourth-order valence-electron chi connectivity index (χ4n) is 2.55. The van der Waals surface area contributed by atoms with Crippen molar-refractivity contribution in [2.45, 2.75) is 25.9 Å². The lowest BCUT2D eigenvalue weighted by Gasteiger charge is -2.17. The number of ether oxygens (including phenoxy) is 2. The second-order valence-corrected chi connectivity index (χ2v) is 5.59. The molecule has 0 saturated heterocycles. The summed E-state index contributed by atoms with van der Waals surface area (Å²) in [6.07, 6.45) is 0.707. The number of nitrogens with one attached hydrogen (secondary N) is 1. The Morgan fingerprint density at radius 3 is 2.46 bits per heavy atom. The zero-order valence-electron chi connectivity index (χ0n) is 14.2. The number of hydrogen-bond acceptors (Lipinski definition) is 5. The van der Waals surface area contributed by atoms with E-state index in [1.54, 1.807) is 32.4 Å². The Morgan fingerprint density at radius 2 is 1.83 bits per heavy atom. The molecule has 126 valence electrons. The molecule has 5 nitrogen and oxygen atoms in total. The van der Waals surface area contributed by atoms with E-state index in [2.05, 4.69) is 18.3 Å². The summed E-state index contributed by atoms with van der Waals surface area (Å²) in [5, 5.41) is 22.4. The Hall–Kier alpha value is -2.71. The van der Waals surface area contributed by atoms with E-state index in [0.29, 0.717) is 30.0 Å². The van der Waals surface area contributed by atoms with Crippen molar-refractivity contribution in [3.05, 3.63) is 53.1 Å². The van der Waals surface area contributed by atoms with Gasteiger partial charge in [-0.15, -0.1) is 0 Å². The van der Waals surface area contributed by atoms with Gasteiger partial charge in [-0.2, -0.15) is 5.26 Å². The summed E-state index contributed by atoms with van der Waals surface area (Å²) in [5.74, 6) is 1.50. The van der Waals surface area contributed by atoms with E-state index in [1.165, 1.54) is 0 Å². The fourth-order valence-corrected chi connectivity index (χ4v) is 2.55. The molecule has 0 heterocycles. The smallest absolute Gasteiger partial charge is 0.137 e. The molecule has 0 radical (unpaired) electrons. The first-order valence-electron chi connectivity index (χ1n) is 7.74. The molecule has 2 aromatic rings. The summed E-state index contributed by atoms with van der Waals surface area (Å²) in [4.78, 5) is 0. The van der Waals surface area contributed by atoms with E-state index >= 15 is 0 Å². The SMILES string of the molecule is COc1cc(CC(C)NCc2ccccc2O)c(OC)cc1C#N. The van der Waals surface area contributed by atoms with E-state index in [9.17, 15) is 5.11 Å². The maximum atomic E-state index is 9.81. The number of hydrogen-bond donors (Lipinski definition) is 2. The maximum absolute atomic E-state index is 9.81. The Kier molecular flexibility index (Phi) is 6.05. The molecule has 0 aromatic heterocycles.